The van der Waals surface area contributed by atoms with Gasteiger partial charge >= 0.3 is 5.69 Å². The Balaban J connectivity index is 1.65. The summed E-state index contributed by atoms with van der Waals surface area (Å²) in [6.07, 6.45) is 8.77. The van der Waals surface area contributed by atoms with E-state index < -0.39 is 5.66 Å². The number of nitrogens with one attached hydrogen (secondary N) is 2. The minimum Gasteiger partial charge on any atom is -0.326 e. The van der Waals surface area contributed by atoms with E-state index in [1.165, 1.54) is 10.9 Å². The van der Waals surface area contributed by atoms with Gasteiger partial charge in [-0.2, -0.15) is 15.3 Å². The largest absolute Gasteiger partial charge is 0.347 e. The average Bonchev–Trinajstić information content (AvgIpc) is 3.26. The number of amides is 1. The van der Waals surface area contributed by atoms with Crippen molar-refractivity contribution in [2.75, 3.05) is 5.32 Å². The van der Waals surface area contributed by atoms with E-state index >= 15 is 0 Å². The number of hydrogen-bond donors (Lipinski definition) is 2. The number of benzene rings is 1. The lowest BCUT2D eigenvalue weighted by Gasteiger charge is -2.13. The van der Waals surface area contributed by atoms with Crippen molar-refractivity contribution in [2.24, 2.45) is 10.2 Å². The number of terminal acetylenes is 1. The molecule has 128 valence electrons. The fraction of sp³-hybridized carbons (Fsp3) is 0.353. The molecule has 3 rings (SSSR count). The highest BCUT2D eigenvalue weighted by molar-refractivity contribution is 5.92. The number of carbonyl (C=O) groups is 1. The molecule has 0 saturated heterocycles. The van der Waals surface area contributed by atoms with Crippen molar-refractivity contribution in [2.45, 2.75) is 38.3 Å². The standard InChI is InChI=1S/C17H18N6O2/c1-3-4-9-17(21-22-17)10-8-15(24)19-13-6-5-7-14(12(13)2)23-11-18-20-16(23)25/h1,5-7,11H,4,8-10H2,2H3,(H,19,24)(H,20,25). The van der Waals surface area contributed by atoms with Crippen LogP contribution in [-0.2, 0) is 4.79 Å². The molecular weight excluding hydrogens is 320 g/mol. The van der Waals surface area contributed by atoms with Crippen molar-refractivity contribution in [3.05, 3.63) is 40.6 Å². The molecule has 1 aromatic carbocycles. The molecule has 0 spiro atoms. The lowest BCUT2D eigenvalue weighted by Crippen LogP contribution is -2.19. The molecule has 0 radical (unpaired) electrons. The Hall–Kier alpha value is -3.21. The molecule has 0 fully saturated rings. The number of aromatic nitrogens is 3. The van der Waals surface area contributed by atoms with Crippen LogP contribution in [0.4, 0.5) is 5.69 Å². The summed E-state index contributed by atoms with van der Waals surface area (Å²) in [5.74, 6) is 2.44. The molecule has 2 N–H and O–H groups in total. The Bertz CT molecular complexity index is 912. The lowest BCUT2D eigenvalue weighted by atomic mass is 10.0. The normalized spacial score (nSPS) is 14.1. The average molecular weight is 338 g/mol. The summed E-state index contributed by atoms with van der Waals surface area (Å²) in [5, 5.41) is 17.0. The molecule has 0 aliphatic carbocycles. The summed E-state index contributed by atoms with van der Waals surface area (Å²) in [7, 11) is 0. The SMILES string of the molecule is C#CCCC1(CCC(=O)Nc2cccc(-n3cn[nH]c3=O)c2C)N=N1. The number of carbonyl (C=O) groups excluding carboxylic acids is 1. The summed E-state index contributed by atoms with van der Waals surface area (Å²) in [6.45, 7) is 1.84. The molecule has 2 aromatic rings. The van der Waals surface area contributed by atoms with E-state index in [1.54, 1.807) is 18.2 Å². The summed E-state index contributed by atoms with van der Waals surface area (Å²) < 4.78 is 1.39. The van der Waals surface area contributed by atoms with Crippen molar-refractivity contribution in [1.82, 2.24) is 14.8 Å². The van der Waals surface area contributed by atoms with Gasteiger partial charge in [-0.3, -0.25) is 4.79 Å². The topological polar surface area (TPSA) is 104 Å². The van der Waals surface area contributed by atoms with Crippen molar-refractivity contribution >= 4 is 11.6 Å². The number of hydrogen-bond acceptors (Lipinski definition) is 5. The van der Waals surface area contributed by atoms with Gasteiger partial charge in [0.25, 0.3) is 0 Å². The number of aromatic amines is 1. The van der Waals surface area contributed by atoms with Crippen molar-refractivity contribution in [1.29, 1.82) is 0 Å². The number of anilines is 1. The molecule has 1 aromatic heterocycles. The van der Waals surface area contributed by atoms with Crippen LogP contribution in [0.15, 0.2) is 39.5 Å². The van der Waals surface area contributed by atoms with E-state index in [1.807, 2.05) is 6.92 Å². The first kappa shape index (κ1) is 16.6. The third-order valence-corrected chi connectivity index (χ3v) is 4.20. The molecule has 8 nitrogen and oxygen atoms in total. The zero-order chi connectivity index (χ0) is 17.9. The van der Waals surface area contributed by atoms with E-state index in [4.69, 9.17) is 6.42 Å². The number of H-pyrrole nitrogens is 1. The smallest absolute Gasteiger partial charge is 0.326 e. The van der Waals surface area contributed by atoms with Crippen molar-refractivity contribution in [3.8, 4) is 18.0 Å². The van der Waals surface area contributed by atoms with Crippen LogP contribution in [0.2, 0.25) is 0 Å². The monoisotopic (exact) mass is 338 g/mol. The zero-order valence-electron chi connectivity index (χ0n) is 13.8. The summed E-state index contributed by atoms with van der Waals surface area (Å²) in [6, 6.07) is 5.36. The summed E-state index contributed by atoms with van der Waals surface area (Å²) >= 11 is 0. The van der Waals surface area contributed by atoms with Crippen LogP contribution in [-0.4, -0.2) is 26.3 Å². The van der Waals surface area contributed by atoms with Gasteiger partial charge in [0.1, 0.15) is 6.33 Å². The van der Waals surface area contributed by atoms with Crippen molar-refractivity contribution < 1.29 is 4.79 Å². The van der Waals surface area contributed by atoms with Gasteiger partial charge in [0.05, 0.1) is 5.69 Å². The van der Waals surface area contributed by atoms with Crippen LogP contribution in [0.1, 0.15) is 31.2 Å². The highest BCUT2D eigenvalue weighted by Gasteiger charge is 2.39. The molecule has 2 heterocycles. The predicted octanol–water partition coefficient (Wildman–Crippen LogP) is 2.16. The molecule has 25 heavy (non-hydrogen) atoms. The van der Waals surface area contributed by atoms with E-state index in [0.717, 1.165) is 5.56 Å². The van der Waals surface area contributed by atoms with Gasteiger partial charge < -0.3 is 5.32 Å². The van der Waals surface area contributed by atoms with Gasteiger partial charge in [0, 0.05) is 31.4 Å². The van der Waals surface area contributed by atoms with E-state index in [-0.39, 0.29) is 11.6 Å². The Morgan fingerprint density at radius 1 is 1.40 bits per heavy atom. The van der Waals surface area contributed by atoms with Gasteiger partial charge in [0.2, 0.25) is 5.91 Å². The van der Waals surface area contributed by atoms with E-state index in [2.05, 4.69) is 31.7 Å². The molecule has 1 amide bonds. The van der Waals surface area contributed by atoms with Crippen LogP contribution >= 0.6 is 0 Å². The second-order valence-corrected chi connectivity index (χ2v) is 5.92. The molecule has 8 heteroatoms. The summed E-state index contributed by atoms with van der Waals surface area (Å²) in [5.41, 5.74) is 1.29. The molecule has 0 saturated carbocycles. The number of rotatable bonds is 7. The van der Waals surface area contributed by atoms with E-state index in [9.17, 15) is 9.59 Å². The minimum atomic E-state index is -0.468. The van der Waals surface area contributed by atoms with Crippen LogP contribution in [0.25, 0.3) is 5.69 Å². The van der Waals surface area contributed by atoms with Gasteiger partial charge in [-0.1, -0.05) is 6.07 Å². The van der Waals surface area contributed by atoms with Gasteiger partial charge in [-0.25, -0.2) is 14.5 Å². The molecular formula is C17H18N6O2. The number of nitrogens with zero attached hydrogens (tertiary/aromatic N) is 4. The molecule has 0 bridgehead atoms. The maximum absolute atomic E-state index is 12.3. The third-order valence-electron chi connectivity index (χ3n) is 4.20. The first-order valence-corrected chi connectivity index (χ1v) is 7.94. The maximum atomic E-state index is 12.3. The quantitative estimate of drug-likeness (QED) is 0.756. The van der Waals surface area contributed by atoms with Crippen LogP contribution < -0.4 is 11.0 Å². The molecule has 0 unspecified atom stereocenters. The second kappa shape index (κ2) is 6.73. The highest BCUT2D eigenvalue weighted by Crippen LogP contribution is 2.37. The summed E-state index contributed by atoms with van der Waals surface area (Å²) in [4.78, 5) is 24.0. The molecule has 1 aliphatic rings. The van der Waals surface area contributed by atoms with Crippen LogP contribution in [0, 0.1) is 19.3 Å². The molecule has 1 aliphatic heterocycles. The Morgan fingerprint density at radius 3 is 2.84 bits per heavy atom. The maximum Gasteiger partial charge on any atom is 0.347 e. The zero-order valence-corrected chi connectivity index (χ0v) is 13.8. The Kier molecular flexibility index (Phi) is 4.48. The fourth-order valence-electron chi connectivity index (χ4n) is 2.63. The highest BCUT2D eigenvalue weighted by atomic mass is 16.2. The Morgan fingerprint density at radius 2 is 2.20 bits per heavy atom. The lowest BCUT2D eigenvalue weighted by molar-refractivity contribution is -0.116. The van der Waals surface area contributed by atoms with Gasteiger partial charge in [-0.15, -0.1) is 12.3 Å². The van der Waals surface area contributed by atoms with E-state index in [0.29, 0.717) is 37.1 Å². The predicted molar refractivity (Wildman–Crippen MR) is 92.4 cm³/mol. The minimum absolute atomic E-state index is 0.128. The van der Waals surface area contributed by atoms with Gasteiger partial charge in [-0.05, 0) is 24.6 Å². The van der Waals surface area contributed by atoms with Crippen LogP contribution in [0.3, 0.4) is 0 Å². The fourth-order valence-corrected chi connectivity index (χ4v) is 2.63. The van der Waals surface area contributed by atoms with Crippen LogP contribution in [0.5, 0.6) is 0 Å². The third kappa shape index (κ3) is 3.66. The first-order chi connectivity index (χ1) is 12.0. The van der Waals surface area contributed by atoms with Gasteiger partial charge in [0.15, 0.2) is 5.66 Å². The molecule has 0 atom stereocenters. The Labute approximate surface area is 144 Å². The van der Waals surface area contributed by atoms with Crippen molar-refractivity contribution in [3.63, 3.8) is 0 Å². The first-order valence-electron chi connectivity index (χ1n) is 7.94. The second-order valence-electron chi connectivity index (χ2n) is 5.92.